The van der Waals surface area contributed by atoms with Crippen LogP contribution in [0.4, 0.5) is 4.39 Å². The van der Waals surface area contributed by atoms with Gasteiger partial charge >= 0.3 is 5.97 Å². The van der Waals surface area contributed by atoms with E-state index in [1.807, 2.05) is 12.1 Å². The molecule has 0 radical (unpaired) electrons. The van der Waals surface area contributed by atoms with E-state index in [2.05, 4.69) is 5.10 Å². The second-order valence-electron chi connectivity index (χ2n) is 7.39. The van der Waals surface area contributed by atoms with Crippen molar-refractivity contribution in [1.29, 1.82) is 0 Å². The second kappa shape index (κ2) is 8.03. The van der Waals surface area contributed by atoms with Gasteiger partial charge in [-0.3, -0.25) is 4.79 Å². The normalized spacial score (nSPS) is 13.7. The first-order valence-corrected chi connectivity index (χ1v) is 10.1. The quantitative estimate of drug-likeness (QED) is 0.430. The number of benzene rings is 2. The van der Waals surface area contributed by atoms with Crippen molar-refractivity contribution in [2.24, 2.45) is 0 Å². The molecule has 4 rings (SSSR count). The third-order valence-electron chi connectivity index (χ3n) is 5.32. The van der Waals surface area contributed by atoms with Crippen molar-refractivity contribution in [2.45, 2.75) is 39.2 Å². The lowest BCUT2D eigenvalue weighted by Gasteiger charge is -2.13. The summed E-state index contributed by atoms with van der Waals surface area (Å²) in [6.45, 7) is 3.16. The SMILES string of the molecule is Cc1nn(-c2ccc(F)cc2)c(Cl)c1C(=O)O[C@@H](C)C(=O)c1ccc2c(c1)CCC2. The topological polar surface area (TPSA) is 61.2 Å². The standard InChI is InChI=1S/C23H20ClFN2O3/c1-13-20(22(24)27(26-13)19-10-8-18(25)9-11-19)23(29)30-14(2)21(28)17-7-6-15-4-3-5-16(15)12-17/h6-12,14H,3-5H2,1-2H3/t14-/m0/s1. The molecule has 2 aromatic carbocycles. The molecule has 1 aliphatic rings. The summed E-state index contributed by atoms with van der Waals surface area (Å²) in [5, 5.41) is 4.30. The van der Waals surface area contributed by atoms with Crippen LogP contribution in [0.5, 0.6) is 0 Å². The van der Waals surface area contributed by atoms with Gasteiger partial charge in [-0.15, -0.1) is 0 Å². The molecule has 5 nitrogen and oxygen atoms in total. The Morgan fingerprint density at radius 2 is 1.83 bits per heavy atom. The van der Waals surface area contributed by atoms with E-state index in [-0.39, 0.29) is 16.5 Å². The number of ketones is 1. The smallest absolute Gasteiger partial charge is 0.343 e. The lowest BCUT2D eigenvalue weighted by atomic mass is 10.0. The third-order valence-corrected chi connectivity index (χ3v) is 5.66. The zero-order chi connectivity index (χ0) is 21.4. The number of fused-ring (bicyclic) bond motifs is 1. The number of rotatable bonds is 5. The molecule has 1 heterocycles. The van der Waals surface area contributed by atoms with E-state index in [9.17, 15) is 14.0 Å². The Hall–Kier alpha value is -2.99. The molecule has 0 amide bonds. The number of aromatic nitrogens is 2. The van der Waals surface area contributed by atoms with Crippen LogP contribution in [0.1, 0.15) is 50.9 Å². The molecule has 0 saturated carbocycles. The summed E-state index contributed by atoms with van der Waals surface area (Å²) >= 11 is 6.36. The minimum atomic E-state index is -0.971. The lowest BCUT2D eigenvalue weighted by Crippen LogP contribution is -2.25. The molecule has 0 spiro atoms. The van der Waals surface area contributed by atoms with E-state index in [0.717, 1.165) is 19.3 Å². The van der Waals surface area contributed by atoms with Gasteiger partial charge in [0.2, 0.25) is 5.78 Å². The van der Waals surface area contributed by atoms with Crippen LogP contribution < -0.4 is 0 Å². The molecule has 154 valence electrons. The predicted octanol–water partition coefficient (Wildman–Crippen LogP) is 4.89. The first kappa shape index (κ1) is 20.3. The molecule has 3 aromatic rings. The molecule has 0 N–H and O–H groups in total. The fourth-order valence-corrected chi connectivity index (χ4v) is 4.07. The van der Waals surface area contributed by atoms with Gasteiger partial charge in [0, 0.05) is 5.56 Å². The summed E-state index contributed by atoms with van der Waals surface area (Å²) in [5.74, 6) is -1.39. The number of ether oxygens (including phenoxy) is 1. The van der Waals surface area contributed by atoms with Crippen molar-refractivity contribution < 1.29 is 18.7 Å². The second-order valence-corrected chi connectivity index (χ2v) is 7.75. The maximum absolute atomic E-state index is 13.2. The number of hydrogen-bond donors (Lipinski definition) is 0. The van der Waals surface area contributed by atoms with E-state index in [0.29, 0.717) is 16.9 Å². The number of halogens is 2. The molecule has 0 bridgehead atoms. The minimum Gasteiger partial charge on any atom is -0.451 e. The van der Waals surface area contributed by atoms with E-state index in [1.54, 1.807) is 19.9 Å². The molecule has 7 heteroatoms. The lowest BCUT2D eigenvalue weighted by molar-refractivity contribution is 0.0318. The van der Waals surface area contributed by atoms with Gasteiger partial charge in [-0.05, 0) is 74.6 Å². The maximum atomic E-state index is 13.2. The van der Waals surface area contributed by atoms with Crippen molar-refractivity contribution in [2.75, 3.05) is 0 Å². The van der Waals surface area contributed by atoms with E-state index in [1.165, 1.54) is 40.1 Å². The van der Waals surface area contributed by atoms with E-state index < -0.39 is 17.9 Å². The fourth-order valence-electron chi connectivity index (χ4n) is 3.72. The third kappa shape index (κ3) is 3.75. The summed E-state index contributed by atoms with van der Waals surface area (Å²) in [5.41, 5.74) is 3.92. The van der Waals surface area contributed by atoms with Crippen molar-refractivity contribution in [3.8, 4) is 5.69 Å². The zero-order valence-electron chi connectivity index (χ0n) is 16.6. The average Bonchev–Trinajstić information content (AvgIpc) is 3.31. The first-order valence-electron chi connectivity index (χ1n) is 9.73. The Labute approximate surface area is 178 Å². The summed E-state index contributed by atoms with van der Waals surface area (Å²) in [4.78, 5) is 25.5. The predicted molar refractivity (Wildman–Crippen MR) is 111 cm³/mol. The largest absolute Gasteiger partial charge is 0.451 e. The van der Waals surface area contributed by atoms with Gasteiger partial charge in [-0.2, -0.15) is 5.10 Å². The molecule has 0 saturated heterocycles. The monoisotopic (exact) mass is 426 g/mol. The molecule has 1 aliphatic carbocycles. The van der Waals surface area contributed by atoms with Crippen LogP contribution in [0.2, 0.25) is 5.15 Å². The van der Waals surface area contributed by atoms with Crippen molar-refractivity contribution in [3.63, 3.8) is 0 Å². The van der Waals surface area contributed by atoms with Crippen molar-refractivity contribution in [1.82, 2.24) is 9.78 Å². The Balaban J connectivity index is 1.53. The number of nitrogens with zero attached hydrogens (tertiary/aromatic N) is 2. The van der Waals surface area contributed by atoms with Crippen LogP contribution in [-0.2, 0) is 17.6 Å². The molecular formula is C23H20ClFN2O3. The number of carbonyl (C=O) groups is 2. The Morgan fingerprint density at radius 3 is 2.57 bits per heavy atom. The van der Waals surface area contributed by atoms with Gasteiger partial charge in [0.05, 0.1) is 11.4 Å². The molecule has 0 fully saturated rings. The Kier molecular flexibility index (Phi) is 5.43. The number of hydrogen-bond acceptors (Lipinski definition) is 4. The summed E-state index contributed by atoms with van der Waals surface area (Å²) in [7, 11) is 0. The Morgan fingerprint density at radius 1 is 1.13 bits per heavy atom. The van der Waals surface area contributed by atoms with Gasteiger partial charge in [0.1, 0.15) is 16.5 Å². The maximum Gasteiger partial charge on any atom is 0.343 e. The highest BCUT2D eigenvalue weighted by molar-refractivity contribution is 6.33. The van der Waals surface area contributed by atoms with Gasteiger partial charge < -0.3 is 4.74 Å². The molecular weight excluding hydrogens is 407 g/mol. The van der Waals surface area contributed by atoms with Crippen LogP contribution in [0.15, 0.2) is 42.5 Å². The van der Waals surface area contributed by atoms with E-state index >= 15 is 0 Å². The number of aryl methyl sites for hydroxylation is 3. The molecule has 1 atom stereocenters. The van der Waals surface area contributed by atoms with Crippen LogP contribution in [0.3, 0.4) is 0 Å². The van der Waals surface area contributed by atoms with Crippen molar-refractivity contribution >= 4 is 23.4 Å². The van der Waals surface area contributed by atoms with Crippen LogP contribution in [0.25, 0.3) is 5.69 Å². The zero-order valence-corrected chi connectivity index (χ0v) is 17.4. The highest BCUT2D eigenvalue weighted by Gasteiger charge is 2.27. The Bertz CT molecular complexity index is 1140. The average molecular weight is 427 g/mol. The van der Waals surface area contributed by atoms with Gasteiger partial charge in [-0.1, -0.05) is 23.7 Å². The van der Waals surface area contributed by atoms with Gasteiger partial charge in [0.25, 0.3) is 0 Å². The van der Waals surface area contributed by atoms with Gasteiger partial charge in [-0.25, -0.2) is 13.9 Å². The van der Waals surface area contributed by atoms with Crippen LogP contribution in [0, 0.1) is 12.7 Å². The molecule has 1 aromatic heterocycles. The van der Waals surface area contributed by atoms with Crippen molar-refractivity contribution in [3.05, 3.63) is 81.4 Å². The van der Waals surface area contributed by atoms with Crippen LogP contribution >= 0.6 is 11.6 Å². The number of esters is 1. The molecule has 0 unspecified atom stereocenters. The number of carbonyl (C=O) groups excluding carboxylic acids is 2. The minimum absolute atomic E-state index is 0.0429. The van der Waals surface area contributed by atoms with E-state index in [4.69, 9.17) is 16.3 Å². The highest BCUT2D eigenvalue weighted by atomic mass is 35.5. The number of Topliss-reactive ketones (excluding diaryl/α,β-unsaturated/α-hetero) is 1. The first-order chi connectivity index (χ1) is 14.3. The summed E-state index contributed by atoms with van der Waals surface area (Å²) in [6.07, 6.45) is 2.11. The van der Waals surface area contributed by atoms with Crippen LogP contribution in [-0.4, -0.2) is 27.6 Å². The highest BCUT2D eigenvalue weighted by Crippen LogP contribution is 2.26. The van der Waals surface area contributed by atoms with Gasteiger partial charge in [0.15, 0.2) is 6.10 Å². The fraction of sp³-hybridized carbons (Fsp3) is 0.261. The summed E-state index contributed by atoms with van der Waals surface area (Å²) < 4.78 is 19.9. The summed E-state index contributed by atoms with van der Waals surface area (Å²) in [6, 6.07) is 11.2. The molecule has 0 aliphatic heterocycles. The molecule has 30 heavy (non-hydrogen) atoms.